The third kappa shape index (κ3) is 2.79. The van der Waals surface area contributed by atoms with E-state index in [-0.39, 0.29) is 11.7 Å². The van der Waals surface area contributed by atoms with Gasteiger partial charge in [-0.25, -0.2) is 0 Å². The number of thiophene rings is 1. The van der Waals surface area contributed by atoms with Crippen LogP contribution in [0.1, 0.15) is 27.0 Å². The molecule has 0 spiro atoms. The minimum atomic E-state index is -0.0192. The zero-order valence-corrected chi connectivity index (χ0v) is 12.1. The molecule has 0 aliphatic carbocycles. The van der Waals surface area contributed by atoms with Gasteiger partial charge in [0.05, 0.1) is 10.6 Å². The van der Waals surface area contributed by atoms with E-state index in [2.05, 4.69) is 0 Å². The van der Waals surface area contributed by atoms with Crippen LogP contribution in [0.5, 0.6) is 5.75 Å². The Hall–Kier alpha value is -1.81. The highest BCUT2D eigenvalue weighted by Crippen LogP contribution is 2.27. The van der Waals surface area contributed by atoms with Crippen LogP contribution in [0, 0.1) is 13.8 Å². The summed E-state index contributed by atoms with van der Waals surface area (Å²) in [4.78, 5) is 16.0. The number of hydrogen-bond acceptors (Lipinski definition) is 3. The van der Waals surface area contributed by atoms with Gasteiger partial charge in [-0.3, -0.25) is 4.79 Å². The number of anilines is 1. The maximum Gasteiger partial charge on any atom is 0.268 e. The lowest BCUT2D eigenvalue weighted by molar-refractivity contribution is 0.0992. The number of phenolic OH excluding ortho intramolecular Hbond substituents is 1. The van der Waals surface area contributed by atoms with E-state index in [1.807, 2.05) is 39.0 Å². The average molecular weight is 275 g/mol. The lowest BCUT2D eigenvalue weighted by Gasteiger charge is -2.22. The van der Waals surface area contributed by atoms with Crippen LogP contribution in [0.3, 0.4) is 0 Å². The van der Waals surface area contributed by atoms with Crippen LogP contribution in [0.4, 0.5) is 5.69 Å². The van der Waals surface area contributed by atoms with Crippen molar-refractivity contribution in [3.8, 4) is 5.75 Å². The molecule has 1 N–H and O–H groups in total. The molecule has 2 aromatic rings. The summed E-state index contributed by atoms with van der Waals surface area (Å²) >= 11 is 1.49. The van der Waals surface area contributed by atoms with Gasteiger partial charge in [-0.15, -0.1) is 11.3 Å². The van der Waals surface area contributed by atoms with Crippen molar-refractivity contribution in [2.75, 3.05) is 11.4 Å². The van der Waals surface area contributed by atoms with Crippen LogP contribution < -0.4 is 4.90 Å². The van der Waals surface area contributed by atoms with Gasteiger partial charge in [0.25, 0.3) is 5.91 Å². The first-order valence-corrected chi connectivity index (χ1v) is 7.02. The molecule has 3 nitrogen and oxygen atoms in total. The van der Waals surface area contributed by atoms with E-state index >= 15 is 0 Å². The predicted octanol–water partition coefficient (Wildman–Crippen LogP) is 3.74. The monoisotopic (exact) mass is 275 g/mol. The first kappa shape index (κ1) is 13.6. The number of nitrogens with zero attached hydrogens (tertiary/aromatic N) is 1. The second-order valence-electron chi connectivity index (χ2n) is 4.43. The largest absolute Gasteiger partial charge is 0.508 e. The fraction of sp³-hybridized carbons (Fsp3) is 0.267. The van der Waals surface area contributed by atoms with Crippen LogP contribution >= 0.6 is 11.3 Å². The number of carbonyl (C=O) groups excluding carboxylic acids is 1. The molecule has 0 aliphatic heterocycles. The Morgan fingerprint density at radius 1 is 1.26 bits per heavy atom. The molecule has 1 heterocycles. The molecule has 0 bridgehead atoms. The second kappa shape index (κ2) is 5.45. The SMILES string of the molecule is CCN(C(=O)c1ccc(C)s1)c1cc(O)ccc1C. The van der Waals surface area contributed by atoms with Gasteiger partial charge in [0.1, 0.15) is 5.75 Å². The highest BCUT2D eigenvalue weighted by Gasteiger charge is 2.19. The van der Waals surface area contributed by atoms with Crippen LogP contribution in [-0.2, 0) is 0 Å². The molecule has 0 fully saturated rings. The van der Waals surface area contributed by atoms with Gasteiger partial charge in [-0.2, -0.15) is 0 Å². The van der Waals surface area contributed by atoms with E-state index in [0.717, 1.165) is 21.0 Å². The lowest BCUT2D eigenvalue weighted by atomic mass is 10.1. The summed E-state index contributed by atoms with van der Waals surface area (Å²) < 4.78 is 0. The molecule has 0 saturated heterocycles. The molecule has 0 aliphatic rings. The summed E-state index contributed by atoms with van der Waals surface area (Å²) in [5.41, 5.74) is 1.74. The third-order valence-corrected chi connectivity index (χ3v) is 3.98. The van der Waals surface area contributed by atoms with Crippen LogP contribution in [0.25, 0.3) is 0 Å². The Bertz CT molecular complexity index is 604. The second-order valence-corrected chi connectivity index (χ2v) is 5.72. The fourth-order valence-electron chi connectivity index (χ4n) is 1.99. The molecule has 1 aromatic carbocycles. The molecule has 0 unspecified atom stereocenters. The number of carbonyl (C=O) groups is 1. The number of benzene rings is 1. The standard InChI is InChI=1S/C15H17NO2S/c1-4-16(13-9-12(17)7-5-10(13)2)15(18)14-8-6-11(3)19-14/h5-9,17H,4H2,1-3H3. The van der Waals surface area contributed by atoms with Gasteiger partial charge in [-0.1, -0.05) is 6.07 Å². The topological polar surface area (TPSA) is 40.5 Å². The van der Waals surface area contributed by atoms with Crippen LogP contribution in [-0.4, -0.2) is 17.6 Å². The molecular formula is C15H17NO2S. The number of amides is 1. The Kier molecular flexibility index (Phi) is 3.90. The first-order chi connectivity index (χ1) is 9.02. The van der Waals surface area contributed by atoms with Gasteiger partial charge >= 0.3 is 0 Å². The summed E-state index contributed by atoms with van der Waals surface area (Å²) in [7, 11) is 0. The molecular weight excluding hydrogens is 258 g/mol. The van der Waals surface area contributed by atoms with Crippen molar-refractivity contribution in [2.45, 2.75) is 20.8 Å². The van der Waals surface area contributed by atoms with E-state index in [1.54, 1.807) is 17.0 Å². The Morgan fingerprint density at radius 3 is 2.58 bits per heavy atom. The van der Waals surface area contributed by atoms with Gasteiger partial charge in [0, 0.05) is 17.5 Å². The molecule has 1 aromatic heterocycles. The predicted molar refractivity (Wildman–Crippen MR) is 79.3 cm³/mol. The molecule has 19 heavy (non-hydrogen) atoms. The number of rotatable bonds is 3. The summed E-state index contributed by atoms with van der Waals surface area (Å²) in [6.45, 7) is 6.42. The van der Waals surface area contributed by atoms with E-state index < -0.39 is 0 Å². The van der Waals surface area contributed by atoms with Gasteiger partial charge in [0.2, 0.25) is 0 Å². The molecule has 100 valence electrons. The Morgan fingerprint density at radius 2 is 2.00 bits per heavy atom. The van der Waals surface area contributed by atoms with Crippen molar-refractivity contribution in [1.82, 2.24) is 0 Å². The summed E-state index contributed by atoms with van der Waals surface area (Å²) in [5.74, 6) is 0.156. The summed E-state index contributed by atoms with van der Waals surface area (Å²) in [6, 6.07) is 8.88. The van der Waals surface area contributed by atoms with Crippen LogP contribution in [0.15, 0.2) is 30.3 Å². The fourth-order valence-corrected chi connectivity index (χ4v) is 2.81. The van der Waals surface area contributed by atoms with Gasteiger partial charge in [0.15, 0.2) is 0 Å². The number of aryl methyl sites for hydroxylation is 2. The normalized spacial score (nSPS) is 10.5. The van der Waals surface area contributed by atoms with E-state index in [9.17, 15) is 9.90 Å². The average Bonchev–Trinajstić information content (AvgIpc) is 2.81. The van der Waals surface area contributed by atoms with E-state index in [0.29, 0.717) is 6.54 Å². The molecule has 0 atom stereocenters. The molecule has 0 saturated carbocycles. The molecule has 4 heteroatoms. The highest BCUT2D eigenvalue weighted by molar-refractivity contribution is 7.14. The minimum Gasteiger partial charge on any atom is -0.508 e. The third-order valence-electron chi connectivity index (χ3n) is 3.00. The molecule has 1 amide bonds. The van der Waals surface area contributed by atoms with Gasteiger partial charge in [-0.05, 0) is 44.5 Å². The zero-order valence-electron chi connectivity index (χ0n) is 11.3. The van der Waals surface area contributed by atoms with Crippen molar-refractivity contribution >= 4 is 22.9 Å². The smallest absolute Gasteiger partial charge is 0.268 e. The number of phenols is 1. The number of hydrogen-bond donors (Lipinski definition) is 1. The lowest BCUT2D eigenvalue weighted by Crippen LogP contribution is -2.30. The van der Waals surface area contributed by atoms with E-state index in [4.69, 9.17) is 0 Å². The van der Waals surface area contributed by atoms with Crippen molar-refractivity contribution in [1.29, 1.82) is 0 Å². The first-order valence-electron chi connectivity index (χ1n) is 6.21. The van der Waals surface area contributed by atoms with Gasteiger partial charge < -0.3 is 10.0 Å². The van der Waals surface area contributed by atoms with Crippen molar-refractivity contribution in [2.24, 2.45) is 0 Å². The summed E-state index contributed by atoms with van der Waals surface area (Å²) in [5, 5.41) is 9.60. The number of aromatic hydroxyl groups is 1. The minimum absolute atomic E-state index is 0.0192. The zero-order chi connectivity index (χ0) is 14.0. The summed E-state index contributed by atoms with van der Waals surface area (Å²) in [6.07, 6.45) is 0. The maximum atomic E-state index is 12.5. The maximum absolute atomic E-state index is 12.5. The van der Waals surface area contributed by atoms with Crippen molar-refractivity contribution in [3.05, 3.63) is 45.6 Å². The van der Waals surface area contributed by atoms with E-state index in [1.165, 1.54) is 11.3 Å². The molecule has 2 rings (SSSR count). The Labute approximate surface area is 117 Å². The quantitative estimate of drug-likeness (QED) is 0.927. The van der Waals surface area contributed by atoms with Crippen molar-refractivity contribution < 1.29 is 9.90 Å². The molecule has 0 radical (unpaired) electrons. The van der Waals surface area contributed by atoms with Crippen molar-refractivity contribution in [3.63, 3.8) is 0 Å². The van der Waals surface area contributed by atoms with Crippen LogP contribution in [0.2, 0.25) is 0 Å². The Balaban J connectivity index is 2.39. The highest BCUT2D eigenvalue weighted by atomic mass is 32.1.